The van der Waals surface area contributed by atoms with Crippen LogP contribution in [0.1, 0.15) is 43.0 Å². The van der Waals surface area contributed by atoms with E-state index in [0.717, 1.165) is 11.3 Å². The van der Waals surface area contributed by atoms with Crippen molar-refractivity contribution in [2.75, 3.05) is 5.75 Å². The van der Waals surface area contributed by atoms with E-state index < -0.39 is 6.04 Å². The highest BCUT2D eigenvalue weighted by atomic mass is 32.2. The third-order valence-electron chi connectivity index (χ3n) is 4.69. The van der Waals surface area contributed by atoms with Gasteiger partial charge in [-0.25, -0.2) is 0 Å². The van der Waals surface area contributed by atoms with Crippen LogP contribution >= 0.6 is 11.8 Å². The number of carbonyl (C=O) groups is 2. The number of nitrogens with zero attached hydrogens (tertiary/aromatic N) is 1. The summed E-state index contributed by atoms with van der Waals surface area (Å²) in [7, 11) is 0. The van der Waals surface area contributed by atoms with E-state index in [1.807, 2.05) is 45.0 Å². The van der Waals surface area contributed by atoms with Crippen LogP contribution in [0.5, 0.6) is 0 Å². The molecule has 5 heteroatoms. The van der Waals surface area contributed by atoms with Crippen molar-refractivity contribution < 1.29 is 9.59 Å². The van der Waals surface area contributed by atoms with E-state index in [9.17, 15) is 9.59 Å². The minimum Gasteiger partial charge on any atom is -0.352 e. The molecule has 0 aromatic heterocycles. The summed E-state index contributed by atoms with van der Waals surface area (Å²) >= 11 is 1.58. The van der Waals surface area contributed by atoms with E-state index in [1.165, 1.54) is 16.7 Å². The molecule has 0 heterocycles. The van der Waals surface area contributed by atoms with Crippen molar-refractivity contribution in [1.82, 2.24) is 10.2 Å². The Labute approximate surface area is 179 Å². The summed E-state index contributed by atoms with van der Waals surface area (Å²) in [6.45, 7) is 10.2. The third kappa shape index (κ3) is 7.58. The Bertz CT molecular complexity index is 801. The second kappa shape index (κ2) is 11.1. The Morgan fingerprint density at radius 3 is 1.93 bits per heavy atom. The average Bonchev–Trinajstić information content (AvgIpc) is 2.68. The molecule has 0 aliphatic rings. The van der Waals surface area contributed by atoms with Gasteiger partial charge in [-0.3, -0.25) is 9.59 Å². The number of rotatable bonds is 9. The first-order valence-corrected chi connectivity index (χ1v) is 11.2. The smallest absolute Gasteiger partial charge is 0.242 e. The lowest BCUT2D eigenvalue weighted by molar-refractivity contribution is -0.138. The fraction of sp³-hybridized carbons (Fsp3) is 0.417. The highest BCUT2D eigenvalue weighted by molar-refractivity contribution is 7.99. The lowest BCUT2D eigenvalue weighted by Crippen LogP contribution is -2.49. The monoisotopic (exact) mass is 412 g/mol. The van der Waals surface area contributed by atoms with Crippen LogP contribution in [0.15, 0.2) is 48.5 Å². The molecule has 0 aliphatic carbocycles. The summed E-state index contributed by atoms with van der Waals surface area (Å²) in [5.41, 5.74) is 4.62. The van der Waals surface area contributed by atoms with Crippen LogP contribution in [0.2, 0.25) is 0 Å². The first kappa shape index (κ1) is 23.0. The van der Waals surface area contributed by atoms with Crippen LogP contribution < -0.4 is 5.32 Å². The van der Waals surface area contributed by atoms with Gasteiger partial charge in [0.15, 0.2) is 0 Å². The molecule has 0 fully saturated rings. The van der Waals surface area contributed by atoms with Crippen molar-refractivity contribution in [3.05, 3.63) is 70.8 Å². The maximum atomic E-state index is 13.0. The molecule has 0 radical (unpaired) electrons. The molecule has 156 valence electrons. The fourth-order valence-corrected chi connectivity index (χ4v) is 3.77. The van der Waals surface area contributed by atoms with Crippen molar-refractivity contribution in [1.29, 1.82) is 0 Å². The number of amides is 2. The number of thioether (sulfide) groups is 1. The molecule has 2 amide bonds. The lowest BCUT2D eigenvalue weighted by atomic mass is 10.1. The molecule has 2 rings (SSSR count). The highest BCUT2D eigenvalue weighted by Gasteiger charge is 2.26. The summed E-state index contributed by atoms with van der Waals surface area (Å²) in [6.07, 6.45) is 0. The van der Waals surface area contributed by atoms with Crippen LogP contribution in [0.25, 0.3) is 0 Å². The molecule has 2 aromatic rings. The first-order chi connectivity index (χ1) is 13.8. The maximum Gasteiger partial charge on any atom is 0.242 e. The molecule has 0 aliphatic heterocycles. The van der Waals surface area contributed by atoms with Crippen LogP contribution in [-0.4, -0.2) is 34.6 Å². The van der Waals surface area contributed by atoms with Crippen molar-refractivity contribution in [3.63, 3.8) is 0 Å². The van der Waals surface area contributed by atoms with Gasteiger partial charge in [-0.2, -0.15) is 0 Å². The third-order valence-corrected chi connectivity index (χ3v) is 5.68. The minimum atomic E-state index is -0.522. The Morgan fingerprint density at radius 1 is 0.897 bits per heavy atom. The molecule has 2 aromatic carbocycles. The van der Waals surface area contributed by atoms with Gasteiger partial charge >= 0.3 is 0 Å². The van der Waals surface area contributed by atoms with E-state index >= 15 is 0 Å². The fourth-order valence-electron chi connectivity index (χ4n) is 2.90. The van der Waals surface area contributed by atoms with E-state index in [1.54, 1.807) is 23.6 Å². The molecular weight excluding hydrogens is 380 g/mol. The molecule has 0 unspecified atom stereocenters. The van der Waals surface area contributed by atoms with Gasteiger partial charge in [0, 0.05) is 18.3 Å². The van der Waals surface area contributed by atoms with Crippen LogP contribution in [0, 0.1) is 13.8 Å². The summed E-state index contributed by atoms with van der Waals surface area (Å²) in [5, 5.41) is 2.92. The molecule has 4 nitrogen and oxygen atoms in total. The van der Waals surface area contributed by atoms with Gasteiger partial charge in [-0.15, -0.1) is 11.8 Å². The van der Waals surface area contributed by atoms with Gasteiger partial charge in [-0.05, 0) is 45.7 Å². The molecule has 0 saturated heterocycles. The zero-order chi connectivity index (χ0) is 21.4. The Balaban J connectivity index is 2.05. The summed E-state index contributed by atoms with van der Waals surface area (Å²) in [5.74, 6) is 0.980. The second-order valence-corrected chi connectivity index (χ2v) is 8.81. The quantitative estimate of drug-likeness (QED) is 0.661. The van der Waals surface area contributed by atoms with Crippen LogP contribution in [-0.2, 0) is 21.9 Å². The van der Waals surface area contributed by atoms with Crippen molar-refractivity contribution in [3.8, 4) is 0 Å². The number of hydrogen-bond donors (Lipinski definition) is 1. The topological polar surface area (TPSA) is 49.4 Å². The SMILES string of the molecule is Cc1ccc(CSCC(=O)N(Cc2ccc(C)cc2)[C@H](C)C(=O)NC(C)C)cc1. The first-order valence-electron chi connectivity index (χ1n) is 10.0. The summed E-state index contributed by atoms with van der Waals surface area (Å²) < 4.78 is 0. The van der Waals surface area contributed by atoms with E-state index in [2.05, 4.69) is 36.5 Å². The van der Waals surface area contributed by atoms with Crippen molar-refractivity contribution in [2.45, 2.75) is 59.0 Å². The average molecular weight is 413 g/mol. The molecule has 0 bridgehead atoms. The van der Waals surface area contributed by atoms with Crippen molar-refractivity contribution >= 4 is 23.6 Å². The standard InChI is InChI=1S/C24H32N2O2S/c1-17(2)25-24(28)20(5)26(14-21-10-6-18(3)7-11-21)23(27)16-29-15-22-12-8-19(4)9-13-22/h6-13,17,20H,14-16H2,1-5H3,(H,25,28)/t20-/m1/s1. The molecule has 1 N–H and O–H groups in total. The Morgan fingerprint density at radius 2 is 1.41 bits per heavy atom. The van der Waals surface area contributed by atoms with Gasteiger partial charge in [0.2, 0.25) is 11.8 Å². The maximum absolute atomic E-state index is 13.0. The number of hydrogen-bond acceptors (Lipinski definition) is 3. The molecule has 29 heavy (non-hydrogen) atoms. The number of nitrogens with one attached hydrogen (secondary N) is 1. The predicted molar refractivity (Wildman–Crippen MR) is 122 cm³/mol. The number of benzene rings is 2. The van der Waals surface area contributed by atoms with Gasteiger partial charge in [-0.1, -0.05) is 59.7 Å². The number of aryl methyl sites for hydroxylation is 2. The summed E-state index contributed by atoms with van der Waals surface area (Å²) in [4.78, 5) is 27.3. The van der Waals surface area contributed by atoms with Gasteiger partial charge in [0.05, 0.1) is 5.75 Å². The van der Waals surface area contributed by atoms with Gasteiger partial charge < -0.3 is 10.2 Å². The van der Waals surface area contributed by atoms with Crippen LogP contribution in [0.3, 0.4) is 0 Å². The summed E-state index contributed by atoms with van der Waals surface area (Å²) in [6, 6.07) is 16.0. The zero-order valence-electron chi connectivity index (χ0n) is 18.1. The minimum absolute atomic E-state index is 0.0194. The van der Waals surface area contributed by atoms with E-state index in [-0.39, 0.29) is 17.9 Å². The van der Waals surface area contributed by atoms with Crippen LogP contribution in [0.4, 0.5) is 0 Å². The normalized spacial score (nSPS) is 11.9. The Kier molecular flexibility index (Phi) is 8.77. The molecule has 1 atom stereocenters. The zero-order valence-corrected chi connectivity index (χ0v) is 18.9. The Hall–Kier alpha value is -2.27. The molecule has 0 spiro atoms. The van der Waals surface area contributed by atoms with Gasteiger partial charge in [0.1, 0.15) is 6.04 Å². The van der Waals surface area contributed by atoms with Gasteiger partial charge in [0.25, 0.3) is 0 Å². The molecule has 0 saturated carbocycles. The largest absolute Gasteiger partial charge is 0.352 e. The molecular formula is C24H32N2O2S. The van der Waals surface area contributed by atoms with E-state index in [4.69, 9.17) is 0 Å². The van der Waals surface area contributed by atoms with E-state index in [0.29, 0.717) is 12.3 Å². The highest BCUT2D eigenvalue weighted by Crippen LogP contribution is 2.17. The predicted octanol–water partition coefficient (Wildman–Crippen LogP) is 4.48. The lowest BCUT2D eigenvalue weighted by Gasteiger charge is -2.29. The second-order valence-electron chi connectivity index (χ2n) is 7.82. The number of carbonyl (C=O) groups excluding carboxylic acids is 2. The van der Waals surface area contributed by atoms with Crippen molar-refractivity contribution in [2.24, 2.45) is 0 Å².